The molecule has 0 atom stereocenters. The summed E-state index contributed by atoms with van der Waals surface area (Å²) >= 11 is 5.79. The monoisotopic (exact) mass is 375 g/mol. The second kappa shape index (κ2) is 8.65. The molecule has 0 spiro atoms. The molecule has 6 heteroatoms. The van der Waals surface area contributed by atoms with Gasteiger partial charge in [0.05, 0.1) is 11.2 Å². The smallest absolute Gasteiger partial charge is 0.271 e. The molecule has 27 heavy (non-hydrogen) atoms. The van der Waals surface area contributed by atoms with E-state index in [0.717, 1.165) is 11.1 Å². The number of phenolic OH excluding ortho intramolecular Hbond substituents is 1. The Kier molecular flexibility index (Phi) is 5.83. The summed E-state index contributed by atoms with van der Waals surface area (Å²) in [6.07, 6.45) is 3.21. The number of hydrogen-bond acceptors (Lipinski definition) is 4. The fourth-order valence-electron chi connectivity index (χ4n) is 2.15. The van der Waals surface area contributed by atoms with Crippen molar-refractivity contribution in [2.45, 2.75) is 0 Å². The Morgan fingerprint density at radius 1 is 1.11 bits per heavy atom. The normalized spacial score (nSPS) is 10.3. The highest BCUT2D eigenvalue weighted by Gasteiger charge is 2.07. The third-order valence-electron chi connectivity index (χ3n) is 3.48. The average Bonchev–Trinajstić information content (AvgIpc) is 2.69. The average molecular weight is 376 g/mol. The molecule has 1 aromatic heterocycles. The molecule has 0 fully saturated rings. The summed E-state index contributed by atoms with van der Waals surface area (Å²) in [6.45, 7) is 0. The molecule has 0 unspecified atom stereocenters. The number of halogens is 1. The first-order valence-electron chi connectivity index (χ1n) is 7.97. The minimum Gasteiger partial charge on any atom is -0.506 e. The molecular weight excluding hydrogens is 362 g/mol. The Bertz CT molecular complexity index is 1050. The number of carbonyl (C=O) groups is 1. The van der Waals surface area contributed by atoms with Gasteiger partial charge in [0.2, 0.25) is 0 Å². The minimum atomic E-state index is -0.431. The van der Waals surface area contributed by atoms with Crippen LogP contribution < -0.4 is 5.43 Å². The Morgan fingerprint density at radius 3 is 2.78 bits per heavy atom. The molecule has 2 N–H and O–H groups in total. The molecule has 5 nitrogen and oxygen atoms in total. The van der Waals surface area contributed by atoms with Crippen molar-refractivity contribution in [1.29, 1.82) is 0 Å². The SMILES string of the molecule is O=C(N/N=C/c1cccc(C#Cc2ccccn2)c1)c1ccc(O)c(Cl)c1. The molecule has 0 saturated heterocycles. The standard InChI is InChI=1S/C21H14ClN3O2/c22-19-13-17(8-10-20(19)26)21(27)25-24-14-16-5-3-4-15(12-16)7-9-18-6-1-2-11-23-18/h1-6,8,10-14,26H,(H,25,27)/b24-14+. The maximum absolute atomic E-state index is 12.0. The van der Waals surface area contributed by atoms with Crippen LogP contribution in [0.1, 0.15) is 27.2 Å². The first-order valence-corrected chi connectivity index (χ1v) is 8.35. The second-order valence-corrected chi connectivity index (χ2v) is 5.86. The molecule has 132 valence electrons. The molecule has 0 bridgehead atoms. The Hall–Kier alpha value is -3.62. The summed E-state index contributed by atoms with van der Waals surface area (Å²) in [5.74, 6) is 5.51. The molecule has 1 amide bonds. The quantitative estimate of drug-likeness (QED) is 0.417. The number of aromatic nitrogens is 1. The van der Waals surface area contributed by atoms with E-state index in [1.54, 1.807) is 6.20 Å². The van der Waals surface area contributed by atoms with Crippen molar-refractivity contribution >= 4 is 23.7 Å². The predicted molar refractivity (Wildman–Crippen MR) is 105 cm³/mol. The van der Waals surface area contributed by atoms with Crippen LogP contribution in [-0.4, -0.2) is 22.2 Å². The van der Waals surface area contributed by atoms with E-state index in [-0.39, 0.29) is 10.8 Å². The summed E-state index contributed by atoms with van der Waals surface area (Å²) in [4.78, 5) is 16.2. The molecule has 0 aliphatic carbocycles. The van der Waals surface area contributed by atoms with Gasteiger partial charge in [-0.3, -0.25) is 4.79 Å². The van der Waals surface area contributed by atoms with Gasteiger partial charge in [-0.2, -0.15) is 5.10 Å². The van der Waals surface area contributed by atoms with Gasteiger partial charge in [-0.15, -0.1) is 0 Å². The van der Waals surface area contributed by atoms with Gasteiger partial charge in [-0.1, -0.05) is 35.7 Å². The number of phenols is 1. The zero-order valence-electron chi connectivity index (χ0n) is 14.1. The first kappa shape index (κ1) is 18.2. The van der Waals surface area contributed by atoms with Crippen molar-refractivity contribution in [3.8, 4) is 17.6 Å². The summed E-state index contributed by atoms with van der Waals surface area (Å²) in [5.41, 5.74) is 4.99. The number of rotatable bonds is 3. The van der Waals surface area contributed by atoms with Crippen LogP contribution in [0, 0.1) is 11.8 Å². The van der Waals surface area contributed by atoms with Crippen LogP contribution in [0.5, 0.6) is 5.75 Å². The lowest BCUT2D eigenvalue weighted by atomic mass is 10.1. The van der Waals surface area contributed by atoms with Gasteiger partial charge in [0, 0.05) is 17.3 Å². The number of amides is 1. The molecule has 3 aromatic rings. The van der Waals surface area contributed by atoms with Crippen molar-refractivity contribution in [3.05, 3.63) is 94.3 Å². The maximum Gasteiger partial charge on any atom is 0.271 e. The van der Waals surface area contributed by atoms with E-state index in [9.17, 15) is 9.90 Å². The Morgan fingerprint density at radius 2 is 2.00 bits per heavy atom. The topological polar surface area (TPSA) is 74.6 Å². The van der Waals surface area contributed by atoms with E-state index >= 15 is 0 Å². The van der Waals surface area contributed by atoms with Gasteiger partial charge >= 0.3 is 0 Å². The minimum absolute atomic E-state index is 0.0830. The number of carbonyl (C=O) groups excluding carboxylic acids is 1. The van der Waals surface area contributed by atoms with Crippen molar-refractivity contribution in [1.82, 2.24) is 10.4 Å². The molecule has 2 aromatic carbocycles. The van der Waals surface area contributed by atoms with Crippen LogP contribution in [0.4, 0.5) is 0 Å². The highest BCUT2D eigenvalue weighted by atomic mass is 35.5. The lowest BCUT2D eigenvalue weighted by molar-refractivity contribution is 0.0955. The number of nitrogens with one attached hydrogen (secondary N) is 1. The van der Waals surface area contributed by atoms with Crippen molar-refractivity contribution in [2.75, 3.05) is 0 Å². The Labute approximate surface area is 161 Å². The lowest BCUT2D eigenvalue weighted by Gasteiger charge is -2.02. The van der Waals surface area contributed by atoms with Crippen LogP contribution >= 0.6 is 11.6 Å². The van der Waals surface area contributed by atoms with Gasteiger partial charge in [0.25, 0.3) is 5.91 Å². The zero-order valence-corrected chi connectivity index (χ0v) is 14.8. The van der Waals surface area contributed by atoms with Gasteiger partial charge < -0.3 is 5.11 Å². The number of hydrazone groups is 1. The van der Waals surface area contributed by atoms with Crippen molar-refractivity contribution < 1.29 is 9.90 Å². The summed E-state index contributed by atoms with van der Waals surface area (Å²) in [5, 5.41) is 13.4. The van der Waals surface area contributed by atoms with E-state index in [0.29, 0.717) is 11.3 Å². The van der Waals surface area contributed by atoms with E-state index in [1.807, 2.05) is 42.5 Å². The van der Waals surface area contributed by atoms with Crippen molar-refractivity contribution in [2.24, 2.45) is 5.10 Å². The van der Waals surface area contributed by atoms with E-state index in [4.69, 9.17) is 11.6 Å². The second-order valence-electron chi connectivity index (χ2n) is 5.46. The number of pyridine rings is 1. The predicted octanol–water partition coefficient (Wildman–Crippen LogP) is 3.60. The van der Waals surface area contributed by atoms with Gasteiger partial charge in [-0.25, -0.2) is 10.4 Å². The third kappa shape index (κ3) is 5.18. The summed E-state index contributed by atoms with van der Waals surface area (Å²) < 4.78 is 0. The molecule has 3 rings (SSSR count). The van der Waals surface area contributed by atoms with Crippen LogP contribution in [0.2, 0.25) is 5.02 Å². The van der Waals surface area contributed by atoms with Gasteiger partial charge in [0.15, 0.2) is 0 Å². The highest BCUT2D eigenvalue weighted by Crippen LogP contribution is 2.23. The molecule has 0 radical (unpaired) electrons. The lowest BCUT2D eigenvalue weighted by Crippen LogP contribution is -2.17. The number of benzene rings is 2. The van der Waals surface area contributed by atoms with Crippen LogP contribution in [-0.2, 0) is 0 Å². The Balaban J connectivity index is 1.66. The van der Waals surface area contributed by atoms with Crippen LogP contribution in [0.25, 0.3) is 0 Å². The first-order chi connectivity index (χ1) is 13.1. The van der Waals surface area contributed by atoms with E-state index < -0.39 is 5.91 Å². The van der Waals surface area contributed by atoms with E-state index in [2.05, 4.69) is 27.4 Å². The third-order valence-corrected chi connectivity index (χ3v) is 3.78. The molecule has 1 heterocycles. The molecular formula is C21H14ClN3O2. The zero-order chi connectivity index (χ0) is 19.1. The summed E-state index contributed by atoms with van der Waals surface area (Å²) in [7, 11) is 0. The molecule has 0 aliphatic heterocycles. The number of hydrogen-bond donors (Lipinski definition) is 2. The van der Waals surface area contributed by atoms with Crippen LogP contribution in [0.15, 0.2) is 72.0 Å². The highest BCUT2D eigenvalue weighted by molar-refractivity contribution is 6.32. The van der Waals surface area contributed by atoms with Gasteiger partial charge in [0.1, 0.15) is 11.4 Å². The summed E-state index contributed by atoms with van der Waals surface area (Å²) in [6, 6.07) is 17.2. The van der Waals surface area contributed by atoms with Crippen molar-refractivity contribution in [3.63, 3.8) is 0 Å². The fourth-order valence-corrected chi connectivity index (χ4v) is 2.33. The molecule has 0 aliphatic rings. The van der Waals surface area contributed by atoms with Gasteiger partial charge in [-0.05, 0) is 53.9 Å². The largest absolute Gasteiger partial charge is 0.506 e. The number of nitrogens with zero attached hydrogens (tertiary/aromatic N) is 2. The van der Waals surface area contributed by atoms with E-state index in [1.165, 1.54) is 24.4 Å². The fraction of sp³-hybridized carbons (Fsp3) is 0. The molecule has 0 saturated carbocycles. The number of aromatic hydroxyl groups is 1. The maximum atomic E-state index is 12.0. The van der Waals surface area contributed by atoms with Crippen LogP contribution in [0.3, 0.4) is 0 Å².